The van der Waals surface area contributed by atoms with Crippen LogP contribution >= 0.6 is 22.6 Å². The Balaban J connectivity index is 1.22. The second kappa shape index (κ2) is 27.6. The Morgan fingerprint density at radius 2 is 1.61 bits per heavy atom. The van der Waals surface area contributed by atoms with Gasteiger partial charge in [0, 0.05) is 90.0 Å². The number of esters is 2. The van der Waals surface area contributed by atoms with Crippen LogP contribution in [0.1, 0.15) is 124 Å². The molecule has 0 radical (unpaired) electrons. The summed E-state index contributed by atoms with van der Waals surface area (Å²) in [5.41, 5.74) is -0.165. The number of aliphatic hydroxyl groups is 3. The summed E-state index contributed by atoms with van der Waals surface area (Å²) < 4.78 is 71.6. The van der Waals surface area contributed by atoms with Crippen molar-refractivity contribution in [2.75, 3.05) is 41.6 Å². The molecule has 5 heterocycles. The van der Waals surface area contributed by atoms with E-state index in [0.29, 0.717) is 37.2 Å². The zero-order valence-electron chi connectivity index (χ0n) is 48.3. The van der Waals surface area contributed by atoms with Gasteiger partial charge in [-0.15, -0.1) is 5.10 Å². The number of pyridine rings is 1. The third-order valence-electron chi connectivity index (χ3n) is 16.8. The highest BCUT2D eigenvalue weighted by molar-refractivity contribution is 14.1. The van der Waals surface area contributed by atoms with Crippen molar-refractivity contribution in [1.29, 1.82) is 5.41 Å². The van der Waals surface area contributed by atoms with Gasteiger partial charge >= 0.3 is 11.9 Å². The number of alkyl halides is 2. The number of aromatic nitrogens is 4. The number of carbonyl (C=O) groups is 2. The van der Waals surface area contributed by atoms with Gasteiger partial charge in [-0.25, -0.2) is 9.07 Å². The van der Waals surface area contributed by atoms with Crippen LogP contribution in [0, 0.1) is 29.1 Å². The van der Waals surface area contributed by atoms with Crippen LogP contribution in [0.4, 0.5) is 4.39 Å². The summed E-state index contributed by atoms with van der Waals surface area (Å²) in [5.74, 6) is -4.09. The van der Waals surface area contributed by atoms with Gasteiger partial charge in [0.1, 0.15) is 37.1 Å². The van der Waals surface area contributed by atoms with Crippen molar-refractivity contribution in [3.8, 4) is 11.1 Å². The van der Waals surface area contributed by atoms with Crippen LogP contribution in [0.2, 0.25) is 0 Å². The van der Waals surface area contributed by atoms with E-state index in [9.17, 15) is 30.3 Å². The first-order valence-electron chi connectivity index (χ1n) is 27.3. The van der Waals surface area contributed by atoms with Crippen LogP contribution in [0.15, 0.2) is 48.8 Å². The fourth-order valence-corrected chi connectivity index (χ4v) is 12.2. The topological polar surface area (TPSA) is 249 Å². The quantitative estimate of drug-likeness (QED) is 0.0562. The normalized spacial score (nSPS) is 36.1. The van der Waals surface area contributed by atoms with Crippen LogP contribution in [0.3, 0.4) is 0 Å². The lowest BCUT2D eigenvalue weighted by Crippen LogP contribution is -2.60. The van der Waals surface area contributed by atoms with E-state index in [2.05, 4.69) is 20.2 Å². The predicted molar refractivity (Wildman–Crippen MR) is 299 cm³/mol. The highest BCUT2D eigenvalue weighted by Gasteiger charge is 2.53. The number of nitrogens with zero attached hydrogens (tertiary/aromatic N) is 5. The van der Waals surface area contributed by atoms with Gasteiger partial charge in [-0.05, 0) is 119 Å². The number of likely N-dealkylation sites (N-methyl/N-ethyl adjacent to an activating group) is 1. The number of nitrogens with one attached hydrogen (secondary N) is 1. The van der Waals surface area contributed by atoms with Crippen LogP contribution in [0.25, 0.3) is 11.1 Å². The van der Waals surface area contributed by atoms with E-state index in [1.807, 2.05) is 93.7 Å². The van der Waals surface area contributed by atoms with Gasteiger partial charge in [0.25, 0.3) is 0 Å². The standard InChI is InChI=1S/C57H86FIN6O14/c1-31-26-56(9,73-14)52(34(4)48(77-46-27-55(8,72-13)51(68)36(6)76-46)35(5)53(69)79-54(59)57(10,70)50(67)33(3)47(31)60)78-45-25-43(23-32(2)75-45)64(11)22-20-41-29-65(63-62-41)44(28-58)49(71-12)39-17-15-38(16-18-39)40-19-21-61-42(24-40)30-74-37(7)66/h15-19,21,24,29,31-36,43-46,48-52,54,60,67-68,70H,20,22-23,25-28,30H2,1-14H3/t31-,32-,33+,34+,35-,36+,43+,44-,45+,46+,48+,49-,50-,51+,52-,54+,55-,56-,57+/m1/s1. The molecule has 2 aromatic heterocycles. The second-order valence-corrected chi connectivity index (χ2v) is 23.9. The molecule has 0 saturated carbocycles. The molecule has 22 heteroatoms. The molecular weight excluding hydrogens is 1140 g/mol. The molecule has 1 aromatic carbocycles. The lowest BCUT2D eigenvalue weighted by atomic mass is 9.74. The van der Waals surface area contributed by atoms with Gasteiger partial charge in [0.2, 0.25) is 0 Å². The first-order valence-corrected chi connectivity index (χ1v) is 28.6. The Hall–Kier alpha value is -3.66. The molecule has 3 aliphatic rings. The molecule has 3 aliphatic heterocycles. The molecule has 6 rings (SSSR count). The predicted octanol–water partition coefficient (Wildman–Crippen LogP) is 7.13. The molecule has 442 valence electrons. The highest BCUT2D eigenvalue weighted by Crippen LogP contribution is 2.42. The lowest BCUT2D eigenvalue weighted by Gasteiger charge is -2.49. The molecule has 4 N–H and O–H groups in total. The lowest BCUT2D eigenvalue weighted by molar-refractivity contribution is -0.309. The molecule has 3 aromatic rings. The van der Waals surface area contributed by atoms with Crippen LogP contribution in [-0.4, -0.2) is 176 Å². The first-order chi connectivity index (χ1) is 37.2. The number of hydrogen-bond donors (Lipinski definition) is 4. The van der Waals surface area contributed by atoms with E-state index in [1.54, 1.807) is 47.2 Å². The number of cyclic esters (lactones) is 1. The second-order valence-electron chi connectivity index (χ2n) is 22.8. The Morgan fingerprint density at radius 3 is 2.24 bits per heavy atom. The Kier molecular flexibility index (Phi) is 22.5. The largest absolute Gasteiger partial charge is 0.459 e. The van der Waals surface area contributed by atoms with Crippen molar-refractivity contribution in [2.24, 2.45) is 23.7 Å². The third kappa shape index (κ3) is 15.3. The van der Waals surface area contributed by atoms with Crippen molar-refractivity contribution < 1.29 is 71.9 Å². The summed E-state index contributed by atoms with van der Waals surface area (Å²) in [4.78, 5) is 32.2. The number of halogens is 2. The average Bonchev–Trinajstić information content (AvgIpc) is 4.02. The van der Waals surface area contributed by atoms with Gasteiger partial charge in [0.15, 0.2) is 16.7 Å². The zero-order chi connectivity index (χ0) is 58.3. The van der Waals surface area contributed by atoms with Gasteiger partial charge in [-0.1, -0.05) is 50.3 Å². The van der Waals surface area contributed by atoms with Gasteiger partial charge in [-0.2, -0.15) is 0 Å². The van der Waals surface area contributed by atoms with Crippen LogP contribution in [-0.2, 0) is 65.2 Å². The van der Waals surface area contributed by atoms with Crippen molar-refractivity contribution in [1.82, 2.24) is 24.9 Å². The van der Waals surface area contributed by atoms with E-state index in [1.165, 1.54) is 32.7 Å². The molecule has 0 spiro atoms. The molecule has 3 fully saturated rings. The number of methoxy groups -OCH3 is 3. The maximum absolute atomic E-state index is 15.0. The van der Waals surface area contributed by atoms with E-state index in [-0.39, 0.29) is 43.3 Å². The summed E-state index contributed by atoms with van der Waals surface area (Å²) in [6.07, 6.45) is -2.22. The maximum Gasteiger partial charge on any atom is 0.312 e. The number of hydrogen-bond acceptors (Lipinski definition) is 19. The van der Waals surface area contributed by atoms with Crippen molar-refractivity contribution >= 4 is 40.2 Å². The minimum absolute atomic E-state index is 0.0301. The van der Waals surface area contributed by atoms with Crippen molar-refractivity contribution in [3.05, 3.63) is 65.7 Å². The minimum Gasteiger partial charge on any atom is -0.459 e. The number of benzene rings is 1. The Labute approximate surface area is 478 Å². The molecule has 3 saturated heterocycles. The molecule has 0 amide bonds. The molecule has 0 bridgehead atoms. The van der Waals surface area contributed by atoms with Gasteiger partial charge in [0.05, 0.1) is 59.0 Å². The highest BCUT2D eigenvalue weighted by atomic mass is 127. The smallest absolute Gasteiger partial charge is 0.312 e. The van der Waals surface area contributed by atoms with Crippen LogP contribution in [0.5, 0.6) is 0 Å². The maximum atomic E-state index is 15.0. The minimum atomic E-state index is -1.94. The van der Waals surface area contributed by atoms with E-state index in [0.717, 1.165) is 16.7 Å². The van der Waals surface area contributed by atoms with Crippen molar-refractivity contribution in [2.45, 2.75) is 196 Å². The molecule has 20 nitrogen and oxygen atoms in total. The SMILES string of the molecule is CO[C@H](c1ccc(-c2ccnc(COC(C)=O)c2)cc1)[C@@H](CF)n1cc(CCN(C)[C@@H]2C[C@H](O[C@@H]3[C@@H](C)[C@H](O[C@H]4C[C@@](C)(OC)[C@@H](O)[C@H](C)O4)[C@@H](C)C(=O)O[C@H](I)[C@@](C)(O)[C@H](O)[C@@H](C)C(=N)[C@H](C)C[C@@]3(C)OC)O[C@H](C)C2)nn1. The summed E-state index contributed by atoms with van der Waals surface area (Å²) >= 11 is 1.81. The third-order valence-corrected chi connectivity index (χ3v) is 18.3. The number of aliphatic hydroxyl groups excluding tert-OH is 2. The number of rotatable bonds is 18. The number of ether oxygens (including phenoxy) is 9. The molecular formula is C57H86FIN6O14. The molecule has 0 unspecified atom stereocenters. The number of carbonyl (C=O) groups excluding carboxylic acids is 2. The van der Waals surface area contributed by atoms with E-state index in [4.69, 9.17) is 42.6 Å². The van der Waals surface area contributed by atoms with Gasteiger partial charge < -0.3 is 68.3 Å². The first kappa shape index (κ1) is 64.5. The van der Waals surface area contributed by atoms with E-state index >= 15 is 4.39 Å². The average molecular weight is 1230 g/mol. The summed E-state index contributed by atoms with van der Waals surface area (Å²) in [6, 6.07) is 10.5. The monoisotopic (exact) mass is 1220 g/mol. The zero-order valence-corrected chi connectivity index (χ0v) is 50.5. The molecule has 0 aliphatic carbocycles. The summed E-state index contributed by atoms with van der Waals surface area (Å²) in [6.45, 7) is 17.2. The van der Waals surface area contributed by atoms with E-state index < -0.39 is 112 Å². The Morgan fingerprint density at radius 1 is 0.924 bits per heavy atom. The Bertz CT molecular complexity index is 2480. The van der Waals surface area contributed by atoms with Crippen molar-refractivity contribution in [3.63, 3.8) is 0 Å². The molecule has 19 atom stereocenters. The molecule has 79 heavy (non-hydrogen) atoms. The van der Waals surface area contributed by atoms with Gasteiger partial charge in [-0.3, -0.25) is 14.6 Å². The summed E-state index contributed by atoms with van der Waals surface area (Å²) in [7, 11) is 6.66. The fraction of sp³-hybridized carbons (Fsp3) is 0.719. The summed E-state index contributed by atoms with van der Waals surface area (Å²) in [5, 5.41) is 52.6. The fourth-order valence-electron chi connectivity index (χ4n) is 11.5. The van der Waals surface area contributed by atoms with Crippen LogP contribution < -0.4 is 0 Å².